The van der Waals surface area contributed by atoms with Crippen LogP contribution in [0.25, 0.3) is 0 Å². The second-order valence-electron chi connectivity index (χ2n) is 9.50. The van der Waals surface area contributed by atoms with Gasteiger partial charge in [-0.05, 0) is 90.6 Å². The minimum atomic E-state index is -0.00463. The number of carbonyl (C=O) groups excluding carboxylic acids is 1. The van der Waals surface area contributed by atoms with Crippen molar-refractivity contribution < 1.29 is 14.3 Å². The number of likely N-dealkylation sites (tertiary alicyclic amines) is 1. The van der Waals surface area contributed by atoms with Crippen LogP contribution in [0, 0.1) is 5.92 Å². The minimum absolute atomic E-state index is 0.00463. The topological polar surface area (TPSA) is 54.0 Å². The fourth-order valence-corrected chi connectivity index (χ4v) is 4.66. The van der Waals surface area contributed by atoms with E-state index < -0.39 is 0 Å². The van der Waals surface area contributed by atoms with Crippen LogP contribution in [0.5, 0.6) is 11.5 Å². The molecule has 2 fully saturated rings. The lowest BCUT2D eigenvalue weighted by atomic mass is 10.1. The molecule has 2 aliphatic rings. The maximum absolute atomic E-state index is 12.6. The molecule has 174 valence electrons. The standard InChI is InChI=1S/C25H41N3O3/c1-6-30-24-13-20(14-26-15-21-11-12-27(16-21)22-8-9-22)7-10-23(24)31-17-25(29)28(18(2)3)19(4)5/h7,10,13,18-19,21-22,26H,6,8-9,11-12,14-17H2,1-5H3. The van der Waals surface area contributed by atoms with E-state index in [1.54, 1.807) is 0 Å². The van der Waals surface area contributed by atoms with Crippen LogP contribution in [0.1, 0.15) is 59.4 Å². The number of hydrogen-bond donors (Lipinski definition) is 1. The van der Waals surface area contributed by atoms with E-state index in [0.717, 1.165) is 25.0 Å². The normalized spacial score (nSPS) is 19.3. The Morgan fingerprint density at radius 1 is 1.13 bits per heavy atom. The molecule has 1 aliphatic heterocycles. The molecule has 1 amide bonds. The first-order valence-corrected chi connectivity index (χ1v) is 12.0. The fraction of sp³-hybridized carbons (Fsp3) is 0.720. The maximum atomic E-state index is 12.6. The Labute approximate surface area is 188 Å². The quantitative estimate of drug-likeness (QED) is 0.547. The molecule has 1 atom stereocenters. The van der Waals surface area contributed by atoms with Crippen LogP contribution >= 0.6 is 0 Å². The number of nitrogens with zero attached hydrogens (tertiary/aromatic N) is 2. The molecule has 3 rings (SSSR count). The molecule has 6 nitrogen and oxygen atoms in total. The van der Waals surface area contributed by atoms with Crippen molar-refractivity contribution in [3.8, 4) is 11.5 Å². The van der Waals surface area contributed by atoms with Gasteiger partial charge in [0.25, 0.3) is 5.91 Å². The van der Waals surface area contributed by atoms with Crippen LogP contribution in [0.3, 0.4) is 0 Å². The molecule has 1 aromatic rings. The molecule has 0 aromatic heterocycles. The predicted octanol–water partition coefficient (Wildman–Crippen LogP) is 3.68. The van der Waals surface area contributed by atoms with Crippen LogP contribution < -0.4 is 14.8 Å². The summed E-state index contributed by atoms with van der Waals surface area (Å²) in [4.78, 5) is 17.1. The van der Waals surface area contributed by atoms with Gasteiger partial charge in [-0.3, -0.25) is 4.79 Å². The molecular formula is C25H41N3O3. The summed E-state index contributed by atoms with van der Waals surface area (Å²) in [7, 11) is 0. The highest BCUT2D eigenvalue weighted by atomic mass is 16.5. The molecule has 1 N–H and O–H groups in total. The summed E-state index contributed by atoms with van der Waals surface area (Å²) in [6.07, 6.45) is 4.10. The lowest BCUT2D eigenvalue weighted by Gasteiger charge is -2.30. The molecular weight excluding hydrogens is 390 g/mol. The van der Waals surface area contributed by atoms with Crippen molar-refractivity contribution in [3.63, 3.8) is 0 Å². The van der Waals surface area contributed by atoms with Crippen LogP contribution in [0.2, 0.25) is 0 Å². The van der Waals surface area contributed by atoms with Crippen LogP contribution in [-0.2, 0) is 11.3 Å². The third-order valence-corrected chi connectivity index (χ3v) is 6.20. The first-order chi connectivity index (χ1) is 14.9. The van der Waals surface area contributed by atoms with Gasteiger partial charge in [-0.2, -0.15) is 0 Å². The van der Waals surface area contributed by atoms with E-state index >= 15 is 0 Å². The maximum Gasteiger partial charge on any atom is 0.260 e. The SMILES string of the molecule is CCOc1cc(CNCC2CCN(C3CC3)C2)ccc1OCC(=O)N(C(C)C)C(C)C. The van der Waals surface area contributed by atoms with Crippen molar-refractivity contribution in [3.05, 3.63) is 23.8 Å². The first-order valence-electron chi connectivity index (χ1n) is 12.0. The highest BCUT2D eigenvalue weighted by Crippen LogP contribution is 2.32. The van der Waals surface area contributed by atoms with E-state index in [1.165, 1.54) is 37.9 Å². The third-order valence-electron chi connectivity index (χ3n) is 6.20. The van der Waals surface area contributed by atoms with Crippen LogP contribution in [0.15, 0.2) is 18.2 Å². The molecule has 31 heavy (non-hydrogen) atoms. The van der Waals surface area contributed by atoms with Gasteiger partial charge in [0.1, 0.15) is 0 Å². The van der Waals surface area contributed by atoms with Crippen LogP contribution in [-0.4, -0.2) is 66.7 Å². The Kier molecular flexibility index (Phi) is 8.61. The number of hydrogen-bond acceptors (Lipinski definition) is 5. The summed E-state index contributed by atoms with van der Waals surface area (Å²) in [5.74, 6) is 2.08. The zero-order valence-corrected chi connectivity index (χ0v) is 20.0. The van der Waals surface area contributed by atoms with Gasteiger partial charge in [-0.1, -0.05) is 6.07 Å². The number of benzene rings is 1. The summed E-state index contributed by atoms with van der Waals surface area (Å²) < 4.78 is 11.7. The molecule has 6 heteroatoms. The average molecular weight is 432 g/mol. The molecule has 1 unspecified atom stereocenters. The Morgan fingerprint density at radius 2 is 1.87 bits per heavy atom. The summed E-state index contributed by atoms with van der Waals surface area (Å²) in [5, 5.41) is 3.62. The molecule has 0 radical (unpaired) electrons. The van der Waals surface area contributed by atoms with Crippen molar-refractivity contribution in [1.29, 1.82) is 0 Å². The van der Waals surface area contributed by atoms with Gasteiger partial charge < -0.3 is 24.6 Å². The zero-order valence-electron chi connectivity index (χ0n) is 20.0. The van der Waals surface area contributed by atoms with E-state index in [-0.39, 0.29) is 24.6 Å². The second-order valence-corrected chi connectivity index (χ2v) is 9.50. The van der Waals surface area contributed by atoms with Crippen molar-refractivity contribution in [2.24, 2.45) is 5.92 Å². The Hall–Kier alpha value is -1.79. The molecule has 1 saturated carbocycles. The largest absolute Gasteiger partial charge is 0.490 e. The van der Waals surface area contributed by atoms with Gasteiger partial charge >= 0.3 is 0 Å². The summed E-state index contributed by atoms with van der Waals surface area (Å²) in [6.45, 7) is 15.0. The van der Waals surface area contributed by atoms with Gasteiger partial charge in [0.2, 0.25) is 0 Å². The third kappa shape index (κ3) is 6.84. The number of amides is 1. The van der Waals surface area contributed by atoms with E-state index in [2.05, 4.69) is 16.3 Å². The fourth-order valence-electron chi connectivity index (χ4n) is 4.66. The van der Waals surface area contributed by atoms with Crippen molar-refractivity contribution in [2.45, 2.75) is 78.6 Å². The van der Waals surface area contributed by atoms with Crippen molar-refractivity contribution in [1.82, 2.24) is 15.1 Å². The Bertz CT molecular complexity index is 710. The number of nitrogens with one attached hydrogen (secondary N) is 1. The molecule has 1 aliphatic carbocycles. The Balaban J connectivity index is 1.50. The van der Waals surface area contributed by atoms with E-state index in [0.29, 0.717) is 18.1 Å². The molecule has 0 bridgehead atoms. The predicted molar refractivity (Wildman–Crippen MR) is 125 cm³/mol. The average Bonchev–Trinajstić information content (AvgIpc) is 3.46. The minimum Gasteiger partial charge on any atom is -0.490 e. The van der Waals surface area contributed by atoms with Gasteiger partial charge in [-0.25, -0.2) is 0 Å². The summed E-state index contributed by atoms with van der Waals surface area (Å²) in [5.41, 5.74) is 1.17. The molecule has 1 aromatic carbocycles. The monoisotopic (exact) mass is 431 g/mol. The molecule has 1 heterocycles. The van der Waals surface area contributed by atoms with Gasteiger partial charge in [0.05, 0.1) is 6.61 Å². The van der Waals surface area contributed by atoms with E-state index in [9.17, 15) is 4.79 Å². The van der Waals surface area contributed by atoms with Crippen molar-refractivity contribution >= 4 is 5.91 Å². The second kappa shape index (κ2) is 11.2. The highest BCUT2D eigenvalue weighted by Gasteiger charge is 2.34. The molecule has 0 spiro atoms. The number of carbonyl (C=O) groups is 1. The Morgan fingerprint density at radius 3 is 2.52 bits per heavy atom. The van der Waals surface area contributed by atoms with E-state index in [4.69, 9.17) is 9.47 Å². The van der Waals surface area contributed by atoms with Gasteiger partial charge in [0.15, 0.2) is 18.1 Å². The summed E-state index contributed by atoms with van der Waals surface area (Å²) in [6, 6.07) is 7.19. The lowest BCUT2D eigenvalue weighted by Crippen LogP contribution is -2.44. The van der Waals surface area contributed by atoms with E-state index in [1.807, 2.05) is 51.7 Å². The van der Waals surface area contributed by atoms with Gasteiger partial charge in [-0.15, -0.1) is 0 Å². The van der Waals surface area contributed by atoms with Gasteiger partial charge in [0, 0.05) is 31.2 Å². The smallest absolute Gasteiger partial charge is 0.260 e. The number of ether oxygens (including phenoxy) is 2. The van der Waals surface area contributed by atoms with Crippen molar-refractivity contribution in [2.75, 3.05) is 32.8 Å². The summed E-state index contributed by atoms with van der Waals surface area (Å²) >= 11 is 0. The highest BCUT2D eigenvalue weighted by molar-refractivity contribution is 5.78. The van der Waals surface area contributed by atoms with Crippen LogP contribution in [0.4, 0.5) is 0 Å². The lowest BCUT2D eigenvalue weighted by molar-refractivity contribution is -0.137. The number of rotatable bonds is 12. The molecule has 1 saturated heterocycles. The first kappa shape index (κ1) is 23.9. The zero-order chi connectivity index (χ0) is 22.4.